The first kappa shape index (κ1) is 90.1. The average Bonchev–Trinajstić information content (AvgIpc) is 3.02. The monoisotopic (exact) mass is 1350 g/mol. The lowest BCUT2D eigenvalue weighted by Crippen LogP contribution is -2.30. The standard InChI is InChI=1S/C73H142O17P2/c1-8-11-12-13-14-33-40-47-54-70(75)83-60-68(90-73(78)57-50-43-36-29-23-24-30-37-44-51-64(4)5)62-87-91(79,80)85-58-67(74)59-86-92(81,82)88-63-69(61-84-71(76)55-48-41-34-27-22-21-26-32-39-46-53-66(7)10-3)89-72(77)56-49-42-35-28-20-18-16-15-17-19-25-31-38-45-52-65(6)9-2/h64-69,74H,8-63H2,1-7H3,(H,79,80)(H,81,82)/t65?,66?,67-,68+,69+/m0/s1. The summed E-state index contributed by atoms with van der Waals surface area (Å²) in [6.07, 6.45) is 48.5. The van der Waals surface area contributed by atoms with Gasteiger partial charge in [-0.2, -0.15) is 0 Å². The number of phosphoric ester groups is 2. The van der Waals surface area contributed by atoms with E-state index in [1.807, 2.05) is 0 Å². The number of aliphatic hydroxyl groups is 1. The van der Waals surface area contributed by atoms with E-state index in [4.69, 9.17) is 37.0 Å². The second-order valence-corrected chi connectivity index (χ2v) is 30.2. The third kappa shape index (κ3) is 64.1. The van der Waals surface area contributed by atoms with Gasteiger partial charge in [0, 0.05) is 25.7 Å². The molecule has 19 heteroatoms. The van der Waals surface area contributed by atoms with Crippen LogP contribution in [-0.4, -0.2) is 96.7 Å². The largest absolute Gasteiger partial charge is 0.472 e. The van der Waals surface area contributed by atoms with Crippen molar-refractivity contribution in [3.05, 3.63) is 0 Å². The molecule has 0 aliphatic rings. The lowest BCUT2D eigenvalue weighted by Gasteiger charge is -2.21. The number of hydrogen-bond acceptors (Lipinski definition) is 15. The third-order valence-electron chi connectivity index (χ3n) is 17.6. The number of phosphoric acid groups is 2. The van der Waals surface area contributed by atoms with Gasteiger partial charge in [-0.05, 0) is 43.4 Å². The van der Waals surface area contributed by atoms with E-state index >= 15 is 0 Å². The minimum absolute atomic E-state index is 0.105. The average molecular weight is 1350 g/mol. The molecule has 546 valence electrons. The molecule has 0 bridgehead atoms. The minimum Gasteiger partial charge on any atom is -0.462 e. The normalized spacial score (nSPS) is 14.7. The Balaban J connectivity index is 5.23. The highest BCUT2D eigenvalue weighted by molar-refractivity contribution is 7.47. The summed E-state index contributed by atoms with van der Waals surface area (Å²) in [5.74, 6) is 0.267. The number of esters is 4. The third-order valence-corrected chi connectivity index (χ3v) is 19.5. The molecule has 92 heavy (non-hydrogen) atoms. The van der Waals surface area contributed by atoms with E-state index in [9.17, 15) is 43.2 Å². The maximum Gasteiger partial charge on any atom is 0.472 e. The Morgan fingerprint density at radius 1 is 0.315 bits per heavy atom. The molecule has 0 aromatic carbocycles. The zero-order valence-corrected chi connectivity index (χ0v) is 61.8. The fourth-order valence-electron chi connectivity index (χ4n) is 11.0. The van der Waals surface area contributed by atoms with Gasteiger partial charge in [-0.25, -0.2) is 9.13 Å². The van der Waals surface area contributed by atoms with Gasteiger partial charge in [0.15, 0.2) is 12.2 Å². The van der Waals surface area contributed by atoms with Crippen LogP contribution in [0.15, 0.2) is 0 Å². The molecule has 17 nitrogen and oxygen atoms in total. The molecule has 7 atom stereocenters. The van der Waals surface area contributed by atoms with Crippen LogP contribution in [0.3, 0.4) is 0 Å². The predicted octanol–water partition coefficient (Wildman–Crippen LogP) is 21.0. The van der Waals surface area contributed by atoms with Crippen molar-refractivity contribution < 1.29 is 80.2 Å². The van der Waals surface area contributed by atoms with Crippen LogP contribution in [0.2, 0.25) is 0 Å². The van der Waals surface area contributed by atoms with Gasteiger partial charge < -0.3 is 33.8 Å². The molecule has 0 aliphatic heterocycles. The van der Waals surface area contributed by atoms with Gasteiger partial charge in [0.25, 0.3) is 0 Å². The molecule has 0 heterocycles. The van der Waals surface area contributed by atoms with E-state index in [-0.39, 0.29) is 25.7 Å². The summed E-state index contributed by atoms with van der Waals surface area (Å²) in [4.78, 5) is 72.6. The summed E-state index contributed by atoms with van der Waals surface area (Å²) in [6, 6.07) is 0. The molecule has 0 spiro atoms. The Labute approximate surface area is 562 Å². The number of hydrogen-bond donors (Lipinski definition) is 3. The van der Waals surface area contributed by atoms with Crippen LogP contribution in [-0.2, 0) is 65.4 Å². The first-order valence-electron chi connectivity index (χ1n) is 37.9. The van der Waals surface area contributed by atoms with Crippen LogP contribution in [0.5, 0.6) is 0 Å². The van der Waals surface area contributed by atoms with E-state index in [0.717, 1.165) is 114 Å². The lowest BCUT2D eigenvalue weighted by atomic mass is 9.99. The quantitative estimate of drug-likeness (QED) is 0.0222. The van der Waals surface area contributed by atoms with Crippen molar-refractivity contribution in [3.63, 3.8) is 0 Å². The first-order valence-corrected chi connectivity index (χ1v) is 40.9. The molecule has 0 aliphatic carbocycles. The molecule has 0 radical (unpaired) electrons. The van der Waals surface area contributed by atoms with Crippen molar-refractivity contribution in [2.75, 3.05) is 39.6 Å². The van der Waals surface area contributed by atoms with E-state index in [2.05, 4.69) is 48.5 Å². The van der Waals surface area contributed by atoms with Crippen LogP contribution in [0.1, 0.15) is 370 Å². The maximum atomic E-state index is 13.1. The Morgan fingerprint density at radius 2 is 0.554 bits per heavy atom. The van der Waals surface area contributed by atoms with E-state index in [1.165, 1.54) is 173 Å². The molecule has 0 aromatic heterocycles. The predicted molar refractivity (Wildman–Crippen MR) is 372 cm³/mol. The van der Waals surface area contributed by atoms with Gasteiger partial charge in [0.05, 0.1) is 26.4 Å². The highest BCUT2D eigenvalue weighted by Gasteiger charge is 2.30. The van der Waals surface area contributed by atoms with Gasteiger partial charge >= 0.3 is 39.5 Å². The Hall–Kier alpha value is -1.94. The number of aliphatic hydroxyl groups excluding tert-OH is 1. The van der Waals surface area contributed by atoms with E-state index in [1.54, 1.807) is 0 Å². The first-order chi connectivity index (χ1) is 44.3. The van der Waals surface area contributed by atoms with Crippen LogP contribution in [0.25, 0.3) is 0 Å². The molecule has 4 unspecified atom stereocenters. The van der Waals surface area contributed by atoms with Crippen molar-refractivity contribution >= 4 is 39.5 Å². The highest BCUT2D eigenvalue weighted by Crippen LogP contribution is 2.45. The molecular formula is C73H142O17P2. The minimum atomic E-state index is -4.96. The van der Waals surface area contributed by atoms with Crippen molar-refractivity contribution in [1.82, 2.24) is 0 Å². The van der Waals surface area contributed by atoms with E-state index in [0.29, 0.717) is 25.7 Å². The number of carbonyl (C=O) groups is 4. The Morgan fingerprint density at radius 3 is 0.826 bits per heavy atom. The van der Waals surface area contributed by atoms with Gasteiger partial charge in [0.1, 0.15) is 19.3 Å². The fourth-order valence-corrected chi connectivity index (χ4v) is 12.6. The second kappa shape index (κ2) is 63.8. The molecule has 0 aromatic rings. The van der Waals surface area contributed by atoms with Crippen LogP contribution < -0.4 is 0 Å². The molecule has 0 saturated heterocycles. The Kier molecular flexibility index (Phi) is 62.4. The van der Waals surface area contributed by atoms with Gasteiger partial charge in [-0.3, -0.25) is 37.3 Å². The van der Waals surface area contributed by atoms with Gasteiger partial charge in [-0.15, -0.1) is 0 Å². The van der Waals surface area contributed by atoms with Crippen molar-refractivity contribution in [2.24, 2.45) is 17.8 Å². The van der Waals surface area contributed by atoms with Crippen LogP contribution in [0.4, 0.5) is 0 Å². The zero-order valence-electron chi connectivity index (χ0n) is 60.0. The van der Waals surface area contributed by atoms with Crippen molar-refractivity contribution in [1.29, 1.82) is 0 Å². The summed E-state index contributed by atoms with van der Waals surface area (Å²) in [6.45, 7) is 11.9. The lowest BCUT2D eigenvalue weighted by molar-refractivity contribution is -0.161. The smallest absolute Gasteiger partial charge is 0.462 e. The fraction of sp³-hybridized carbons (Fsp3) is 0.945. The summed E-state index contributed by atoms with van der Waals surface area (Å²) >= 11 is 0. The maximum absolute atomic E-state index is 13.1. The second-order valence-electron chi connectivity index (χ2n) is 27.3. The van der Waals surface area contributed by atoms with Gasteiger partial charge in [0.2, 0.25) is 0 Å². The van der Waals surface area contributed by atoms with E-state index < -0.39 is 97.5 Å². The zero-order chi connectivity index (χ0) is 68.0. The van der Waals surface area contributed by atoms with Crippen molar-refractivity contribution in [3.8, 4) is 0 Å². The van der Waals surface area contributed by atoms with Gasteiger partial charge in [-0.1, -0.05) is 318 Å². The number of rotatable bonds is 71. The highest BCUT2D eigenvalue weighted by atomic mass is 31.2. The molecule has 3 N–H and O–H groups in total. The SMILES string of the molecule is CCCCCCCCCCC(=O)OC[C@H](COP(=O)(O)OC[C@H](O)COP(=O)(O)OC[C@@H](COC(=O)CCCCCCCCCCCCC(C)CC)OC(=O)CCCCCCCCCCCCCCCCC(C)CC)OC(=O)CCCCCCCCCCCC(C)C. The molecule has 0 amide bonds. The molecular weight excluding hydrogens is 1210 g/mol. The van der Waals surface area contributed by atoms with Crippen LogP contribution in [0, 0.1) is 17.8 Å². The number of ether oxygens (including phenoxy) is 4. The Bertz CT molecular complexity index is 1810. The summed E-state index contributed by atoms with van der Waals surface area (Å²) in [5.41, 5.74) is 0. The summed E-state index contributed by atoms with van der Waals surface area (Å²) in [7, 11) is -9.90. The number of carbonyl (C=O) groups excluding carboxylic acids is 4. The summed E-state index contributed by atoms with van der Waals surface area (Å²) in [5, 5.41) is 10.6. The molecule has 0 fully saturated rings. The topological polar surface area (TPSA) is 237 Å². The molecule has 0 rings (SSSR count). The molecule has 0 saturated carbocycles. The number of unbranched alkanes of at least 4 members (excludes halogenated alkanes) is 37. The van der Waals surface area contributed by atoms with Crippen LogP contribution >= 0.6 is 15.6 Å². The summed E-state index contributed by atoms with van der Waals surface area (Å²) < 4.78 is 68.3. The van der Waals surface area contributed by atoms with Crippen molar-refractivity contribution in [2.45, 2.75) is 388 Å².